The third-order valence-corrected chi connectivity index (χ3v) is 3.47. The zero-order chi connectivity index (χ0) is 17.7. The van der Waals surface area contributed by atoms with Crippen molar-refractivity contribution in [3.05, 3.63) is 52.5 Å². The van der Waals surface area contributed by atoms with Gasteiger partial charge in [0.2, 0.25) is 0 Å². The zero-order valence-electron chi connectivity index (χ0n) is 13.6. The van der Waals surface area contributed by atoms with Gasteiger partial charge in [-0.25, -0.2) is 4.79 Å². The molecule has 0 aliphatic carbocycles. The first kappa shape index (κ1) is 18.4. The van der Waals surface area contributed by atoms with Crippen LogP contribution in [-0.2, 0) is 9.53 Å². The number of halogens is 2. The Hall–Kier alpha value is -1.91. The Balaban J connectivity index is 1.99. The van der Waals surface area contributed by atoms with E-state index >= 15 is 0 Å². The van der Waals surface area contributed by atoms with E-state index in [-0.39, 0.29) is 6.10 Å². The van der Waals surface area contributed by atoms with Gasteiger partial charge in [-0.1, -0.05) is 23.2 Å². The lowest BCUT2D eigenvalue weighted by Gasteiger charge is -2.16. The van der Waals surface area contributed by atoms with Gasteiger partial charge in [-0.2, -0.15) is 0 Å². The maximum Gasteiger partial charge on any atom is 0.347 e. The topological polar surface area (TPSA) is 44.8 Å². The minimum absolute atomic E-state index is 0.177. The third kappa shape index (κ3) is 5.32. The summed E-state index contributed by atoms with van der Waals surface area (Å²) in [5.74, 6) is 1.23. The Kier molecular flexibility index (Phi) is 6.35. The fourth-order valence-electron chi connectivity index (χ4n) is 1.85. The number of carbonyl (C=O) groups excluding carboxylic acids is 1. The van der Waals surface area contributed by atoms with Gasteiger partial charge >= 0.3 is 5.97 Å². The molecule has 128 valence electrons. The first-order valence-electron chi connectivity index (χ1n) is 7.45. The Morgan fingerprint density at radius 3 is 2.17 bits per heavy atom. The van der Waals surface area contributed by atoms with Crippen LogP contribution >= 0.6 is 23.2 Å². The molecule has 0 aliphatic heterocycles. The molecule has 2 aromatic rings. The Bertz CT molecular complexity index is 699. The maximum absolute atomic E-state index is 11.7. The summed E-state index contributed by atoms with van der Waals surface area (Å²) in [4.78, 5) is 11.7. The predicted molar refractivity (Wildman–Crippen MR) is 94.3 cm³/mol. The molecule has 4 nitrogen and oxygen atoms in total. The molecule has 0 aromatic heterocycles. The second-order valence-electron chi connectivity index (χ2n) is 5.39. The summed E-state index contributed by atoms with van der Waals surface area (Å²) in [6, 6.07) is 11.9. The van der Waals surface area contributed by atoms with Gasteiger partial charge in [0.25, 0.3) is 0 Å². The molecule has 0 heterocycles. The molecule has 0 N–H and O–H groups in total. The normalized spacial score (nSPS) is 11.9. The summed E-state index contributed by atoms with van der Waals surface area (Å²) in [7, 11) is 0. The number of carbonyl (C=O) groups is 1. The predicted octanol–water partition coefficient (Wildman–Crippen LogP) is 5.50. The fraction of sp³-hybridized carbons (Fsp3) is 0.278. The fourth-order valence-corrected chi connectivity index (χ4v) is 2.30. The summed E-state index contributed by atoms with van der Waals surface area (Å²) in [5.41, 5.74) is 0. The number of ether oxygens (including phenoxy) is 3. The molecule has 0 fully saturated rings. The highest BCUT2D eigenvalue weighted by Crippen LogP contribution is 2.32. The van der Waals surface area contributed by atoms with E-state index in [0.29, 0.717) is 27.3 Å². The molecule has 24 heavy (non-hydrogen) atoms. The summed E-state index contributed by atoms with van der Waals surface area (Å²) in [6.45, 7) is 5.22. The highest BCUT2D eigenvalue weighted by atomic mass is 35.5. The molecule has 0 bridgehead atoms. The van der Waals surface area contributed by atoms with Gasteiger partial charge in [-0.3, -0.25) is 0 Å². The zero-order valence-corrected chi connectivity index (χ0v) is 15.1. The first-order chi connectivity index (χ1) is 11.3. The largest absolute Gasteiger partial charge is 0.479 e. The van der Waals surface area contributed by atoms with E-state index in [1.54, 1.807) is 63.2 Å². The van der Waals surface area contributed by atoms with Crippen molar-refractivity contribution in [2.45, 2.75) is 33.0 Å². The molecule has 0 aliphatic rings. The van der Waals surface area contributed by atoms with Gasteiger partial charge < -0.3 is 14.2 Å². The van der Waals surface area contributed by atoms with Gasteiger partial charge in [0.1, 0.15) is 17.2 Å². The molecule has 6 heteroatoms. The van der Waals surface area contributed by atoms with E-state index in [2.05, 4.69) is 0 Å². The second-order valence-corrected chi connectivity index (χ2v) is 6.24. The van der Waals surface area contributed by atoms with Crippen LogP contribution < -0.4 is 9.47 Å². The summed E-state index contributed by atoms with van der Waals surface area (Å²) < 4.78 is 16.3. The molecule has 0 spiro atoms. The van der Waals surface area contributed by atoms with E-state index in [4.69, 9.17) is 37.4 Å². The van der Waals surface area contributed by atoms with Crippen LogP contribution in [0.15, 0.2) is 42.5 Å². The molecule has 1 atom stereocenters. The highest BCUT2D eigenvalue weighted by Gasteiger charge is 2.17. The van der Waals surface area contributed by atoms with Crippen LogP contribution in [0.3, 0.4) is 0 Å². The number of hydrogen-bond acceptors (Lipinski definition) is 4. The minimum Gasteiger partial charge on any atom is -0.479 e. The molecule has 0 amide bonds. The van der Waals surface area contributed by atoms with Crippen molar-refractivity contribution in [1.29, 1.82) is 0 Å². The van der Waals surface area contributed by atoms with Gasteiger partial charge in [0, 0.05) is 5.02 Å². The lowest BCUT2D eigenvalue weighted by molar-refractivity contribution is -0.154. The van der Waals surface area contributed by atoms with Crippen LogP contribution in [0.4, 0.5) is 0 Å². The third-order valence-electron chi connectivity index (χ3n) is 2.94. The summed E-state index contributed by atoms with van der Waals surface area (Å²) >= 11 is 11.9. The lowest BCUT2D eigenvalue weighted by Crippen LogP contribution is -2.28. The van der Waals surface area contributed by atoms with E-state index in [9.17, 15) is 4.79 Å². The van der Waals surface area contributed by atoms with E-state index < -0.39 is 12.1 Å². The standard InChI is InChI=1S/C18H18Cl2O4/c1-11(2)22-18(21)12(3)23-14-5-7-15(8-6-14)24-17-9-4-13(19)10-16(17)20/h4-12H,1-3H3. The maximum atomic E-state index is 11.7. The Labute approximate surface area is 151 Å². The summed E-state index contributed by atoms with van der Waals surface area (Å²) in [5, 5.41) is 0.964. The van der Waals surface area contributed by atoms with Crippen molar-refractivity contribution >= 4 is 29.2 Å². The quantitative estimate of drug-likeness (QED) is 0.631. The van der Waals surface area contributed by atoms with Gasteiger partial charge in [-0.15, -0.1) is 0 Å². The number of rotatable bonds is 6. The van der Waals surface area contributed by atoms with Crippen molar-refractivity contribution in [2.75, 3.05) is 0 Å². The van der Waals surface area contributed by atoms with Crippen molar-refractivity contribution in [2.24, 2.45) is 0 Å². The molecular weight excluding hydrogens is 351 g/mol. The number of benzene rings is 2. The molecule has 0 radical (unpaired) electrons. The van der Waals surface area contributed by atoms with E-state index in [1.165, 1.54) is 0 Å². The van der Waals surface area contributed by atoms with Crippen LogP contribution in [0.25, 0.3) is 0 Å². The van der Waals surface area contributed by atoms with Crippen LogP contribution in [0.5, 0.6) is 17.2 Å². The molecule has 2 rings (SSSR count). The van der Waals surface area contributed by atoms with Gasteiger partial charge in [0.15, 0.2) is 6.10 Å². The second kappa shape index (κ2) is 8.27. The van der Waals surface area contributed by atoms with Crippen LogP contribution in [0.1, 0.15) is 20.8 Å². The smallest absolute Gasteiger partial charge is 0.347 e. The van der Waals surface area contributed by atoms with Crippen LogP contribution in [-0.4, -0.2) is 18.2 Å². The molecule has 1 unspecified atom stereocenters. The molecular formula is C18H18Cl2O4. The molecule has 0 saturated heterocycles. The van der Waals surface area contributed by atoms with E-state index in [0.717, 1.165) is 0 Å². The average Bonchev–Trinajstić information content (AvgIpc) is 2.51. The van der Waals surface area contributed by atoms with Crippen molar-refractivity contribution in [3.63, 3.8) is 0 Å². The number of esters is 1. The molecule has 2 aromatic carbocycles. The minimum atomic E-state index is -0.690. The summed E-state index contributed by atoms with van der Waals surface area (Å²) in [6.07, 6.45) is -0.867. The average molecular weight is 369 g/mol. The Morgan fingerprint density at radius 1 is 0.958 bits per heavy atom. The number of hydrogen-bond donors (Lipinski definition) is 0. The van der Waals surface area contributed by atoms with Gasteiger partial charge in [-0.05, 0) is 63.2 Å². The SMILES string of the molecule is CC(C)OC(=O)C(C)Oc1ccc(Oc2ccc(Cl)cc2Cl)cc1. The van der Waals surface area contributed by atoms with Crippen LogP contribution in [0.2, 0.25) is 10.0 Å². The molecule has 0 saturated carbocycles. The van der Waals surface area contributed by atoms with Crippen LogP contribution in [0, 0.1) is 0 Å². The van der Waals surface area contributed by atoms with Crippen molar-refractivity contribution < 1.29 is 19.0 Å². The lowest BCUT2D eigenvalue weighted by atomic mass is 10.3. The monoisotopic (exact) mass is 368 g/mol. The first-order valence-corrected chi connectivity index (χ1v) is 8.21. The Morgan fingerprint density at radius 2 is 1.58 bits per heavy atom. The van der Waals surface area contributed by atoms with Gasteiger partial charge in [0.05, 0.1) is 11.1 Å². The highest BCUT2D eigenvalue weighted by molar-refractivity contribution is 6.35. The van der Waals surface area contributed by atoms with Crippen molar-refractivity contribution in [3.8, 4) is 17.2 Å². The van der Waals surface area contributed by atoms with E-state index in [1.807, 2.05) is 0 Å². The van der Waals surface area contributed by atoms with Crippen molar-refractivity contribution in [1.82, 2.24) is 0 Å².